The summed E-state index contributed by atoms with van der Waals surface area (Å²) in [6.45, 7) is 3.68. The molecule has 4 rings (SSSR count). The van der Waals surface area contributed by atoms with E-state index in [0.717, 1.165) is 33.6 Å². The van der Waals surface area contributed by atoms with Crippen molar-refractivity contribution in [1.82, 2.24) is 4.31 Å². The van der Waals surface area contributed by atoms with E-state index in [2.05, 4.69) is 5.32 Å². The van der Waals surface area contributed by atoms with Crippen LogP contribution in [0.25, 0.3) is 0 Å². The molecule has 1 aliphatic heterocycles. The summed E-state index contributed by atoms with van der Waals surface area (Å²) in [5.41, 5.74) is 4.44. The van der Waals surface area contributed by atoms with E-state index in [1.807, 2.05) is 56.3 Å². The molecule has 0 fully saturated rings. The normalized spacial score (nSPS) is 16.0. The molecular weight excluding hydrogens is 472 g/mol. The van der Waals surface area contributed by atoms with Gasteiger partial charge in [-0.2, -0.15) is 4.31 Å². The van der Waals surface area contributed by atoms with E-state index >= 15 is 0 Å². The number of fused-ring (bicyclic) bond motifs is 1. The van der Waals surface area contributed by atoms with Gasteiger partial charge in [0.05, 0.1) is 12.5 Å². The first-order valence-corrected chi connectivity index (χ1v) is 13.2. The minimum atomic E-state index is -3.77. The molecular formula is C25H26N2O5S2. The van der Waals surface area contributed by atoms with Crippen molar-refractivity contribution in [3.63, 3.8) is 0 Å². The molecule has 0 saturated carbocycles. The Labute approximate surface area is 203 Å². The number of ether oxygens (including phenoxy) is 1. The third-order valence-corrected chi connectivity index (χ3v) is 8.93. The molecule has 1 aliphatic rings. The molecule has 1 amide bonds. The van der Waals surface area contributed by atoms with Crippen molar-refractivity contribution in [2.45, 2.75) is 36.9 Å². The molecule has 34 heavy (non-hydrogen) atoms. The fourth-order valence-electron chi connectivity index (χ4n) is 4.26. The number of anilines is 1. The Balaban J connectivity index is 1.47. The first-order chi connectivity index (χ1) is 16.2. The van der Waals surface area contributed by atoms with Gasteiger partial charge in [0.2, 0.25) is 0 Å². The zero-order valence-electron chi connectivity index (χ0n) is 19.0. The summed E-state index contributed by atoms with van der Waals surface area (Å²) in [5.74, 6) is -1.09. The lowest BCUT2D eigenvalue weighted by Crippen LogP contribution is -2.41. The van der Waals surface area contributed by atoms with Crippen LogP contribution in [-0.2, 0) is 30.8 Å². The van der Waals surface area contributed by atoms with E-state index in [4.69, 9.17) is 4.74 Å². The van der Waals surface area contributed by atoms with Crippen LogP contribution in [0.3, 0.4) is 0 Å². The van der Waals surface area contributed by atoms with Crippen molar-refractivity contribution >= 4 is 38.9 Å². The number of sulfonamides is 1. The highest BCUT2D eigenvalue weighted by atomic mass is 32.2. The maximum absolute atomic E-state index is 13.3. The highest BCUT2D eigenvalue weighted by Gasteiger charge is 2.38. The molecule has 2 heterocycles. The summed E-state index contributed by atoms with van der Waals surface area (Å²) in [7, 11) is -3.77. The van der Waals surface area contributed by atoms with Crippen LogP contribution in [0.5, 0.6) is 0 Å². The quantitative estimate of drug-likeness (QED) is 0.492. The van der Waals surface area contributed by atoms with E-state index in [9.17, 15) is 18.0 Å². The number of thiophene rings is 1. The second kappa shape index (κ2) is 10.1. The highest BCUT2D eigenvalue weighted by Crippen LogP contribution is 2.37. The number of nitrogens with zero attached hydrogens (tertiary/aromatic N) is 1. The molecule has 0 saturated heterocycles. The van der Waals surface area contributed by atoms with Crippen LogP contribution < -0.4 is 5.32 Å². The van der Waals surface area contributed by atoms with Crippen LogP contribution >= 0.6 is 11.3 Å². The number of esters is 1. The lowest BCUT2D eigenvalue weighted by atomic mass is 9.92. The van der Waals surface area contributed by atoms with Gasteiger partial charge in [-0.15, -0.1) is 11.3 Å². The maximum atomic E-state index is 13.3. The number of benzene rings is 2. The van der Waals surface area contributed by atoms with Crippen molar-refractivity contribution in [3.8, 4) is 0 Å². The third-order valence-electron chi connectivity index (χ3n) is 5.65. The van der Waals surface area contributed by atoms with Gasteiger partial charge in [0, 0.05) is 12.2 Å². The average Bonchev–Trinajstić information content (AvgIpc) is 3.33. The van der Waals surface area contributed by atoms with Gasteiger partial charge in [0.25, 0.3) is 15.9 Å². The monoisotopic (exact) mass is 498 g/mol. The largest absolute Gasteiger partial charge is 0.456 e. The number of rotatable bonds is 7. The van der Waals surface area contributed by atoms with E-state index < -0.39 is 34.5 Å². The number of carbonyl (C=O) groups is 2. The average molecular weight is 499 g/mol. The summed E-state index contributed by atoms with van der Waals surface area (Å²) in [6.07, 6.45) is 0.378. The van der Waals surface area contributed by atoms with E-state index in [-0.39, 0.29) is 17.2 Å². The Hall–Kier alpha value is -3.01. The number of carbonyl (C=O) groups excluding carboxylic acids is 2. The van der Waals surface area contributed by atoms with Gasteiger partial charge in [-0.3, -0.25) is 9.59 Å². The van der Waals surface area contributed by atoms with E-state index in [1.54, 1.807) is 17.5 Å². The van der Waals surface area contributed by atoms with Crippen molar-refractivity contribution in [2.75, 3.05) is 18.5 Å². The third kappa shape index (κ3) is 5.38. The Bertz CT molecular complexity index is 1280. The van der Waals surface area contributed by atoms with Crippen LogP contribution in [0.2, 0.25) is 0 Å². The standard InChI is InChI=1S/C25H26N2O5S2/c1-17-12-18(2)14-20(13-17)26-23(28)16-32-24(29)15-22-21-7-4-3-6-19(21)9-10-27(22)34(30,31)25-8-5-11-33-25/h3-8,11-14,22H,9-10,15-16H2,1-2H3,(H,26,28). The van der Waals surface area contributed by atoms with Gasteiger partial charge in [-0.05, 0) is 66.1 Å². The topological polar surface area (TPSA) is 92.8 Å². The fraction of sp³-hybridized carbons (Fsp3) is 0.280. The van der Waals surface area contributed by atoms with Crippen molar-refractivity contribution in [2.24, 2.45) is 0 Å². The summed E-state index contributed by atoms with van der Waals surface area (Å²) in [4.78, 5) is 25.0. The number of hydrogen-bond acceptors (Lipinski definition) is 6. The maximum Gasteiger partial charge on any atom is 0.308 e. The molecule has 0 spiro atoms. The van der Waals surface area contributed by atoms with Gasteiger partial charge >= 0.3 is 5.97 Å². The predicted octanol–water partition coefficient (Wildman–Crippen LogP) is 4.23. The minimum absolute atomic E-state index is 0.182. The number of hydrogen-bond donors (Lipinski definition) is 1. The molecule has 3 aromatic rings. The SMILES string of the molecule is Cc1cc(C)cc(NC(=O)COC(=O)CC2c3ccccc3CCN2S(=O)(=O)c2cccs2)c1. The molecule has 0 radical (unpaired) electrons. The molecule has 178 valence electrons. The minimum Gasteiger partial charge on any atom is -0.456 e. The van der Waals surface area contributed by atoms with E-state index in [0.29, 0.717) is 12.1 Å². The van der Waals surface area contributed by atoms with Crippen LogP contribution in [0.1, 0.15) is 34.7 Å². The van der Waals surface area contributed by atoms with Gasteiger partial charge < -0.3 is 10.1 Å². The zero-order valence-corrected chi connectivity index (χ0v) is 20.6. The van der Waals surface area contributed by atoms with Crippen molar-refractivity contribution in [3.05, 3.63) is 82.2 Å². The molecule has 1 unspecified atom stereocenters. The number of amides is 1. The van der Waals surface area contributed by atoms with Gasteiger partial charge in [-0.1, -0.05) is 36.4 Å². The molecule has 1 aromatic heterocycles. The predicted molar refractivity (Wildman–Crippen MR) is 131 cm³/mol. The van der Waals surface area contributed by atoms with Crippen LogP contribution in [0.15, 0.2) is 64.2 Å². The van der Waals surface area contributed by atoms with E-state index in [1.165, 1.54) is 4.31 Å². The first-order valence-electron chi connectivity index (χ1n) is 10.9. The Kier molecular flexibility index (Phi) is 7.16. The summed E-state index contributed by atoms with van der Waals surface area (Å²) in [6, 6.07) is 15.7. The van der Waals surface area contributed by atoms with Gasteiger partial charge in [-0.25, -0.2) is 8.42 Å². The van der Waals surface area contributed by atoms with Gasteiger partial charge in [0.1, 0.15) is 4.21 Å². The molecule has 7 nitrogen and oxygen atoms in total. The summed E-state index contributed by atoms with van der Waals surface area (Å²) in [5, 5.41) is 4.44. The summed E-state index contributed by atoms with van der Waals surface area (Å²) >= 11 is 1.14. The molecule has 0 aliphatic carbocycles. The van der Waals surface area contributed by atoms with Gasteiger partial charge in [0.15, 0.2) is 6.61 Å². The second-order valence-corrected chi connectivity index (χ2v) is 11.4. The zero-order chi connectivity index (χ0) is 24.3. The Morgan fingerprint density at radius 2 is 1.82 bits per heavy atom. The smallest absolute Gasteiger partial charge is 0.308 e. The van der Waals surface area contributed by atoms with Crippen molar-refractivity contribution in [1.29, 1.82) is 0 Å². The molecule has 1 N–H and O–H groups in total. The summed E-state index contributed by atoms with van der Waals surface area (Å²) < 4.78 is 33.4. The van der Waals surface area contributed by atoms with Crippen LogP contribution in [-0.4, -0.2) is 37.8 Å². The van der Waals surface area contributed by atoms with Crippen molar-refractivity contribution < 1.29 is 22.7 Å². The Morgan fingerprint density at radius 1 is 1.09 bits per heavy atom. The number of aryl methyl sites for hydroxylation is 2. The number of nitrogens with one attached hydrogen (secondary N) is 1. The first kappa shape index (κ1) is 24.1. The van der Waals surface area contributed by atoms with Crippen LogP contribution in [0.4, 0.5) is 5.69 Å². The fourth-order valence-corrected chi connectivity index (χ4v) is 6.99. The lowest BCUT2D eigenvalue weighted by molar-refractivity contribution is -0.148. The molecule has 9 heteroatoms. The lowest BCUT2D eigenvalue weighted by Gasteiger charge is -2.35. The van der Waals surface area contributed by atoms with Crippen LogP contribution in [0, 0.1) is 13.8 Å². The molecule has 1 atom stereocenters. The highest BCUT2D eigenvalue weighted by molar-refractivity contribution is 7.91. The Morgan fingerprint density at radius 3 is 2.53 bits per heavy atom. The molecule has 2 aromatic carbocycles. The molecule has 0 bridgehead atoms. The second-order valence-electron chi connectivity index (χ2n) is 8.30.